The minimum absolute atomic E-state index is 0.0752. The number of phosphoric ester groups is 1. The SMILES string of the molecule is CCCCCCC/C=C\C/C=C\C/C=C\CCCCCCCCCCC(=O)NC(COP(=O)(O)OCCN)C(O)/C=C/CCCCCCCC. The number of carbonyl (C=O) groups excluding carboxylic acids is 1. The van der Waals surface area contributed by atoms with E-state index in [1.54, 1.807) is 6.08 Å². The van der Waals surface area contributed by atoms with E-state index >= 15 is 0 Å². The molecule has 0 aromatic carbocycles. The molecule has 3 atom stereocenters. The van der Waals surface area contributed by atoms with Gasteiger partial charge in [0.2, 0.25) is 5.91 Å². The molecule has 9 heteroatoms. The minimum atomic E-state index is -4.33. The summed E-state index contributed by atoms with van der Waals surface area (Å²) in [5.41, 5.74) is 5.35. The summed E-state index contributed by atoms with van der Waals surface area (Å²) < 4.78 is 22.0. The highest BCUT2D eigenvalue weighted by molar-refractivity contribution is 7.47. The van der Waals surface area contributed by atoms with Gasteiger partial charge >= 0.3 is 7.82 Å². The first-order valence-electron chi connectivity index (χ1n) is 20.3. The lowest BCUT2D eigenvalue weighted by molar-refractivity contribution is -0.123. The van der Waals surface area contributed by atoms with Gasteiger partial charge in [0.25, 0.3) is 0 Å². The molecule has 0 saturated heterocycles. The van der Waals surface area contributed by atoms with Crippen LogP contribution >= 0.6 is 7.82 Å². The predicted octanol–water partition coefficient (Wildman–Crippen LogP) is 10.9. The highest BCUT2D eigenvalue weighted by Crippen LogP contribution is 2.43. The molecular formula is C41H77N2O6P. The van der Waals surface area contributed by atoms with Crippen molar-refractivity contribution in [2.45, 2.75) is 187 Å². The second-order valence-corrected chi connectivity index (χ2v) is 14.9. The highest BCUT2D eigenvalue weighted by atomic mass is 31.2. The van der Waals surface area contributed by atoms with E-state index in [1.807, 2.05) is 6.08 Å². The molecule has 0 radical (unpaired) electrons. The van der Waals surface area contributed by atoms with E-state index in [-0.39, 0.29) is 25.7 Å². The number of amides is 1. The van der Waals surface area contributed by atoms with Crippen LogP contribution in [0.1, 0.15) is 174 Å². The number of rotatable bonds is 37. The lowest BCUT2D eigenvalue weighted by atomic mass is 10.1. The number of aliphatic hydroxyl groups is 1. The van der Waals surface area contributed by atoms with Crippen LogP contribution in [0.25, 0.3) is 0 Å². The third-order valence-electron chi connectivity index (χ3n) is 8.65. The van der Waals surface area contributed by atoms with E-state index in [0.717, 1.165) is 57.8 Å². The Labute approximate surface area is 307 Å². The molecule has 292 valence electrons. The minimum Gasteiger partial charge on any atom is -0.387 e. The molecule has 0 fully saturated rings. The molecule has 1 amide bonds. The molecule has 0 aliphatic rings. The number of unbranched alkanes of at least 4 members (excludes halogenated alkanes) is 19. The van der Waals surface area contributed by atoms with Gasteiger partial charge in [-0.3, -0.25) is 13.8 Å². The van der Waals surface area contributed by atoms with Gasteiger partial charge in [-0.15, -0.1) is 0 Å². The third-order valence-corrected chi connectivity index (χ3v) is 9.63. The van der Waals surface area contributed by atoms with Crippen molar-refractivity contribution in [1.82, 2.24) is 5.32 Å². The van der Waals surface area contributed by atoms with Gasteiger partial charge in [0, 0.05) is 13.0 Å². The normalized spacial score (nSPS) is 14.7. The van der Waals surface area contributed by atoms with Gasteiger partial charge in [0.1, 0.15) is 0 Å². The Morgan fingerprint density at radius 1 is 0.660 bits per heavy atom. The van der Waals surface area contributed by atoms with Crippen molar-refractivity contribution in [2.24, 2.45) is 5.73 Å². The number of aliphatic hydroxyl groups excluding tert-OH is 1. The predicted molar refractivity (Wildman–Crippen MR) is 212 cm³/mol. The van der Waals surface area contributed by atoms with Gasteiger partial charge in [-0.25, -0.2) is 4.57 Å². The number of hydrogen-bond donors (Lipinski definition) is 4. The Morgan fingerprint density at radius 3 is 1.60 bits per heavy atom. The Hall–Kier alpha value is -1.54. The second kappa shape index (κ2) is 37.2. The zero-order chi connectivity index (χ0) is 36.8. The van der Waals surface area contributed by atoms with Crippen LogP contribution in [0.2, 0.25) is 0 Å². The van der Waals surface area contributed by atoms with Crippen LogP contribution in [0, 0.1) is 0 Å². The van der Waals surface area contributed by atoms with E-state index in [1.165, 1.54) is 96.3 Å². The van der Waals surface area contributed by atoms with Crippen molar-refractivity contribution in [2.75, 3.05) is 19.8 Å². The molecule has 0 rings (SSSR count). The third kappa shape index (κ3) is 34.9. The van der Waals surface area contributed by atoms with Crippen molar-refractivity contribution in [3.63, 3.8) is 0 Å². The maximum absolute atomic E-state index is 12.7. The van der Waals surface area contributed by atoms with E-state index < -0.39 is 20.0 Å². The summed E-state index contributed by atoms with van der Waals surface area (Å²) in [6.45, 7) is 4.05. The monoisotopic (exact) mass is 725 g/mol. The van der Waals surface area contributed by atoms with Crippen LogP contribution in [-0.2, 0) is 18.4 Å². The molecule has 0 aromatic heterocycles. The number of allylic oxidation sites excluding steroid dienone is 7. The van der Waals surface area contributed by atoms with E-state index in [9.17, 15) is 19.4 Å². The van der Waals surface area contributed by atoms with Crippen molar-refractivity contribution in [1.29, 1.82) is 0 Å². The van der Waals surface area contributed by atoms with Crippen molar-refractivity contribution < 1.29 is 28.4 Å². The average Bonchev–Trinajstić information content (AvgIpc) is 3.10. The van der Waals surface area contributed by atoms with Crippen LogP contribution < -0.4 is 11.1 Å². The van der Waals surface area contributed by atoms with Crippen LogP contribution in [0.4, 0.5) is 0 Å². The lowest BCUT2D eigenvalue weighted by Crippen LogP contribution is -2.45. The fraction of sp³-hybridized carbons (Fsp3) is 0.780. The molecule has 50 heavy (non-hydrogen) atoms. The number of nitrogens with one attached hydrogen (secondary N) is 1. The van der Waals surface area contributed by atoms with Crippen LogP contribution in [0.5, 0.6) is 0 Å². The van der Waals surface area contributed by atoms with E-state index in [2.05, 4.69) is 55.6 Å². The van der Waals surface area contributed by atoms with Gasteiger partial charge in [0.05, 0.1) is 25.4 Å². The zero-order valence-corrected chi connectivity index (χ0v) is 33.0. The highest BCUT2D eigenvalue weighted by Gasteiger charge is 2.26. The largest absolute Gasteiger partial charge is 0.472 e. The molecule has 8 nitrogen and oxygen atoms in total. The van der Waals surface area contributed by atoms with Crippen LogP contribution in [0.15, 0.2) is 48.6 Å². The van der Waals surface area contributed by atoms with E-state index in [4.69, 9.17) is 14.8 Å². The fourth-order valence-corrected chi connectivity index (χ4v) is 6.31. The maximum Gasteiger partial charge on any atom is 0.472 e. The van der Waals surface area contributed by atoms with Gasteiger partial charge in [0.15, 0.2) is 0 Å². The summed E-state index contributed by atoms with van der Waals surface area (Å²) in [7, 11) is -4.33. The molecule has 0 aromatic rings. The number of nitrogens with two attached hydrogens (primary N) is 1. The van der Waals surface area contributed by atoms with Crippen LogP contribution in [0.3, 0.4) is 0 Å². The molecule has 0 aliphatic carbocycles. The molecule has 0 spiro atoms. The summed E-state index contributed by atoms with van der Waals surface area (Å²) in [6, 6.07) is -0.862. The van der Waals surface area contributed by atoms with Gasteiger partial charge in [-0.2, -0.15) is 0 Å². The summed E-state index contributed by atoms with van der Waals surface area (Å²) in [5.74, 6) is -0.207. The second-order valence-electron chi connectivity index (χ2n) is 13.5. The molecule has 0 aliphatic heterocycles. The molecule has 5 N–H and O–H groups in total. The quantitative estimate of drug-likeness (QED) is 0.0285. The first-order chi connectivity index (χ1) is 24.4. The van der Waals surface area contributed by atoms with E-state index in [0.29, 0.717) is 6.42 Å². The maximum atomic E-state index is 12.7. The van der Waals surface area contributed by atoms with Crippen molar-refractivity contribution in [3.05, 3.63) is 48.6 Å². The Balaban J connectivity index is 4.10. The average molecular weight is 725 g/mol. The van der Waals surface area contributed by atoms with Gasteiger partial charge in [-0.1, -0.05) is 159 Å². The Bertz CT molecular complexity index is 923. The summed E-state index contributed by atoms with van der Waals surface area (Å²) in [4.78, 5) is 22.6. The standard InChI is InChI=1S/C41H77N2O6P/c1-3-5-7-9-11-13-14-15-16-17-18-19-20-21-22-23-24-25-26-27-29-31-33-35-41(45)43-39(38-49-50(46,47)48-37-36-42)40(44)34-32-30-28-12-10-8-6-4-2/h14-15,17-18,20-21,32,34,39-40,44H,3-13,16,19,22-31,33,35-38,42H2,1-2H3,(H,43,45)(H,46,47)/b15-14-,18-17-,21-20-,34-32+. The number of hydrogen-bond acceptors (Lipinski definition) is 6. The topological polar surface area (TPSA) is 131 Å². The zero-order valence-electron chi connectivity index (χ0n) is 32.1. The van der Waals surface area contributed by atoms with Gasteiger partial charge < -0.3 is 21.1 Å². The summed E-state index contributed by atoms with van der Waals surface area (Å²) in [5, 5.41) is 13.5. The first kappa shape index (κ1) is 48.5. The molecule has 0 heterocycles. The van der Waals surface area contributed by atoms with Crippen LogP contribution in [-0.4, -0.2) is 47.8 Å². The smallest absolute Gasteiger partial charge is 0.387 e. The Kier molecular flexibility index (Phi) is 36.1. The first-order valence-corrected chi connectivity index (χ1v) is 21.8. The summed E-state index contributed by atoms with van der Waals surface area (Å²) >= 11 is 0. The summed E-state index contributed by atoms with van der Waals surface area (Å²) in [6.07, 6.45) is 44.6. The number of carbonyl (C=O) groups is 1. The number of phosphoric acid groups is 1. The van der Waals surface area contributed by atoms with Gasteiger partial charge in [-0.05, 0) is 57.8 Å². The molecule has 0 bridgehead atoms. The lowest BCUT2D eigenvalue weighted by Gasteiger charge is -2.23. The fourth-order valence-electron chi connectivity index (χ4n) is 5.55. The van der Waals surface area contributed by atoms with Crippen molar-refractivity contribution in [3.8, 4) is 0 Å². The van der Waals surface area contributed by atoms with Crippen molar-refractivity contribution >= 4 is 13.7 Å². The Morgan fingerprint density at radius 2 is 1.10 bits per heavy atom. The molecular weight excluding hydrogens is 647 g/mol. The molecule has 3 unspecified atom stereocenters. The molecule has 0 saturated carbocycles.